The molecule has 0 N–H and O–H groups in total. The van der Waals surface area contributed by atoms with Crippen LogP contribution in [0.1, 0.15) is 28.7 Å². The molecule has 4 aromatic carbocycles. The van der Waals surface area contributed by atoms with Crippen LogP contribution in [0.5, 0.6) is 5.75 Å². The molecular formula is C30H18F8O. The fraction of sp³-hybridized carbons (Fsp3) is 0.133. The molecule has 0 unspecified atom stereocenters. The first kappa shape index (κ1) is 26.5. The van der Waals surface area contributed by atoms with E-state index in [1.54, 1.807) is 6.07 Å². The molecule has 0 atom stereocenters. The predicted molar refractivity (Wildman–Crippen MR) is 130 cm³/mol. The fourth-order valence-electron chi connectivity index (χ4n) is 4.78. The van der Waals surface area contributed by atoms with Crippen molar-refractivity contribution >= 4 is 6.08 Å². The van der Waals surface area contributed by atoms with Crippen molar-refractivity contribution in [3.8, 4) is 28.0 Å². The Bertz CT molecular complexity index is 1560. The van der Waals surface area contributed by atoms with E-state index in [0.717, 1.165) is 48.6 Å². The zero-order valence-corrected chi connectivity index (χ0v) is 20.0. The van der Waals surface area contributed by atoms with Crippen LogP contribution < -0.4 is 4.74 Å². The number of alkyl halides is 2. The molecule has 39 heavy (non-hydrogen) atoms. The van der Waals surface area contributed by atoms with E-state index in [4.69, 9.17) is 0 Å². The van der Waals surface area contributed by atoms with Gasteiger partial charge in [-0.25, -0.2) is 26.3 Å². The predicted octanol–water partition coefficient (Wildman–Crippen LogP) is 9.12. The van der Waals surface area contributed by atoms with Gasteiger partial charge in [0, 0.05) is 17.7 Å². The molecule has 0 amide bonds. The van der Waals surface area contributed by atoms with E-state index >= 15 is 8.78 Å². The van der Waals surface area contributed by atoms with Crippen molar-refractivity contribution in [3.63, 3.8) is 0 Å². The highest BCUT2D eigenvalue weighted by Gasteiger charge is 2.41. The van der Waals surface area contributed by atoms with Crippen LogP contribution >= 0.6 is 0 Å². The standard InChI is InChI=1S/C30H18F8O/c1-2-21-22(31)13-20(14-23(21)32)39-30(37,38)29-26(35)11-19(12-27(29)36)28-24(33)9-18(10-25(28)34)17-7-6-15-4-3-5-16(15)8-17/h2,6-14H,1,3-5H2. The Hall–Kier alpha value is -4.14. The van der Waals surface area contributed by atoms with Crippen LogP contribution in [0.2, 0.25) is 0 Å². The van der Waals surface area contributed by atoms with Gasteiger partial charge in [0.05, 0.1) is 5.56 Å². The van der Waals surface area contributed by atoms with Gasteiger partial charge in [-0.15, -0.1) is 0 Å². The van der Waals surface area contributed by atoms with Gasteiger partial charge in [0.25, 0.3) is 0 Å². The summed E-state index contributed by atoms with van der Waals surface area (Å²) in [6.07, 6.45) is -1.19. The van der Waals surface area contributed by atoms with Crippen LogP contribution in [0.15, 0.2) is 61.2 Å². The van der Waals surface area contributed by atoms with Gasteiger partial charge in [-0.2, -0.15) is 8.78 Å². The number of rotatable bonds is 6. The van der Waals surface area contributed by atoms with Gasteiger partial charge < -0.3 is 4.74 Å². The molecule has 9 heteroatoms. The van der Waals surface area contributed by atoms with E-state index in [9.17, 15) is 26.3 Å². The zero-order chi connectivity index (χ0) is 28.1. The molecule has 0 heterocycles. The Morgan fingerprint density at radius 2 is 1.21 bits per heavy atom. The highest BCUT2D eigenvalue weighted by Crippen LogP contribution is 2.39. The van der Waals surface area contributed by atoms with Crippen molar-refractivity contribution in [2.45, 2.75) is 25.4 Å². The molecule has 0 aromatic heterocycles. The first-order chi connectivity index (χ1) is 18.5. The second-order valence-corrected chi connectivity index (χ2v) is 9.09. The summed E-state index contributed by atoms with van der Waals surface area (Å²) in [7, 11) is 0. The molecule has 4 aromatic rings. The van der Waals surface area contributed by atoms with Gasteiger partial charge in [-0.1, -0.05) is 30.9 Å². The van der Waals surface area contributed by atoms with Crippen LogP contribution in [-0.4, -0.2) is 0 Å². The summed E-state index contributed by atoms with van der Waals surface area (Å²) in [5.74, 6) is -9.73. The average Bonchev–Trinajstić information content (AvgIpc) is 3.30. The second-order valence-electron chi connectivity index (χ2n) is 9.09. The minimum Gasteiger partial charge on any atom is -0.429 e. The summed E-state index contributed by atoms with van der Waals surface area (Å²) in [5, 5.41) is 0. The van der Waals surface area contributed by atoms with Crippen molar-refractivity contribution in [1.82, 2.24) is 0 Å². The molecule has 0 fully saturated rings. The van der Waals surface area contributed by atoms with Crippen LogP contribution in [0, 0.1) is 34.9 Å². The summed E-state index contributed by atoms with van der Waals surface area (Å²) in [6.45, 7) is 3.18. The summed E-state index contributed by atoms with van der Waals surface area (Å²) < 4.78 is 121. The normalized spacial score (nSPS) is 12.9. The van der Waals surface area contributed by atoms with Crippen molar-refractivity contribution in [2.75, 3.05) is 0 Å². The third-order valence-corrected chi connectivity index (χ3v) is 6.60. The largest absolute Gasteiger partial charge is 0.432 e. The van der Waals surface area contributed by atoms with Crippen LogP contribution in [0.3, 0.4) is 0 Å². The lowest BCUT2D eigenvalue weighted by atomic mass is 9.96. The first-order valence-electron chi connectivity index (χ1n) is 11.8. The molecule has 1 aliphatic carbocycles. The first-order valence-corrected chi connectivity index (χ1v) is 11.8. The second kappa shape index (κ2) is 9.87. The van der Waals surface area contributed by atoms with Gasteiger partial charge in [0.2, 0.25) is 0 Å². The molecule has 0 aliphatic heterocycles. The lowest BCUT2D eigenvalue weighted by Gasteiger charge is -2.20. The van der Waals surface area contributed by atoms with Crippen molar-refractivity contribution < 1.29 is 39.9 Å². The smallest absolute Gasteiger partial charge is 0.429 e. The molecule has 0 saturated heterocycles. The van der Waals surface area contributed by atoms with Crippen molar-refractivity contribution in [1.29, 1.82) is 0 Å². The SMILES string of the molecule is C=Cc1c(F)cc(OC(F)(F)c2c(F)cc(-c3c(F)cc(-c4ccc5c(c4)CCC5)cc3F)cc2F)cc1F. The Balaban J connectivity index is 1.49. The molecule has 0 radical (unpaired) electrons. The zero-order valence-electron chi connectivity index (χ0n) is 20.0. The number of aryl methyl sites for hydroxylation is 2. The summed E-state index contributed by atoms with van der Waals surface area (Å²) >= 11 is 0. The molecule has 0 spiro atoms. The Labute approximate surface area is 218 Å². The maximum Gasteiger partial charge on any atom is 0.432 e. The molecule has 0 saturated carbocycles. The van der Waals surface area contributed by atoms with E-state index in [-0.39, 0.29) is 5.56 Å². The number of benzene rings is 4. The average molecular weight is 546 g/mol. The number of ether oxygens (including phenoxy) is 1. The van der Waals surface area contributed by atoms with Gasteiger partial charge >= 0.3 is 6.11 Å². The number of fused-ring (bicyclic) bond motifs is 1. The molecule has 1 nitrogen and oxygen atoms in total. The number of hydrogen-bond donors (Lipinski definition) is 0. The molecule has 200 valence electrons. The van der Waals surface area contributed by atoms with Crippen LogP contribution in [-0.2, 0) is 19.0 Å². The molecule has 1 aliphatic rings. The number of halogens is 8. The van der Waals surface area contributed by atoms with E-state index < -0.39 is 69.0 Å². The minimum atomic E-state index is -4.74. The third kappa shape index (κ3) is 4.89. The summed E-state index contributed by atoms with van der Waals surface area (Å²) in [4.78, 5) is 0. The van der Waals surface area contributed by atoms with Gasteiger partial charge in [-0.3, -0.25) is 0 Å². The topological polar surface area (TPSA) is 9.23 Å². The van der Waals surface area contributed by atoms with E-state index in [1.165, 1.54) is 0 Å². The van der Waals surface area contributed by atoms with E-state index in [0.29, 0.717) is 29.8 Å². The van der Waals surface area contributed by atoms with Crippen LogP contribution in [0.4, 0.5) is 35.1 Å². The maximum absolute atomic E-state index is 15.0. The molecule has 0 bridgehead atoms. The van der Waals surface area contributed by atoms with Gasteiger partial charge in [0.1, 0.15) is 46.2 Å². The summed E-state index contributed by atoms with van der Waals surface area (Å²) in [6, 6.07) is 8.86. The highest BCUT2D eigenvalue weighted by atomic mass is 19.3. The van der Waals surface area contributed by atoms with Gasteiger partial charge in [-0.05, 0) is 71.3 Å². The molecular weight excluding hydrogens is 528 g/mol. The lowest BCUT2D eigenvalue weighted by Crippen LogP contribution is -2.25. The lowest BCUT2D eigenvalue weighted by molar-refractivity contribution is -0.189. The van der Waals surface area contributed by atoms with Gasteiger partial charge in [0.15, 0.2) is 0 Å². The van der Waals surface area contributed by atoms with Crippen molar-refractivity contribution in [2.24, 2.45) is 0 Å². The van der Waals surface area contributed by atoms with E-state index in [1.807, 2.05) is 12.1 Å². The Kier molecular flexibility index (Phi) is 6.70. The fourth-order valence-corrected chi connectivity index (χ4v) is 4.78. The van der Waals surface area contributed by atoms with E-state index in [2.05, 4.69) is 11.3 Å². The number of hydrogen-bond acceptors (Lipinski definition) is 1. The third-order valence-electron chi connectivity index (χ3n) is 6.60. The quantitative estimate of drug-likeness (QED) is 0.219. The molecule has 5 rings (SSSR count). The Morgan fingerprint density at radius 3 is 1.79 bits per heavy atom. The summed E-state index contributed by atoms with van der Waals surface area (Å²) in [5.41, 5.74) is -1.03. The Morgan fingerprint density at radius 1 is 0.641 bits per heavy atom. The minimum absolute atomic E-state index is 0.197. The maximum atomic E-state index is 15.0. The van der Waals surface area contributed by atoms with Crippen molar-refractivity contribution in [3.05, 3.63) is 118 Å². The highest BCUT2D eigenvalue weighted by molar-refractivity contribution is 5.73. The monoisotopic (exact) mass is 546 g/mol. The van der Waals surface area contributed by atoms with Crippen LogP contribution in [0.25, 0.3) is 28.3 Å².